The topological polar surface area (TPSA) is 103 Å². The smallest absolute Gasteiger partial charge is 0.274 e. The molecule has 2 amide bonds. The monoisotopic (exact) mass is 320 g/mol. The van der Waals surface area contributed by atoms with Gasteiger partial charge in [0, 0.05) is 7.05 Å². The molecule has 22 heavy (non-hydrogen) atoms. The van der Waals surface area contributed by atoms with Gasteiger partial charge in [-0.1, -0.05) is 6.07 Å². The second kappa shape index (κ2) is 6.44. The van der Waals surface area contributed by atoms with E-state index in [1.165, 1.54) is 12.1 Å². The van der Waals surface area contributed by atoms with Crippen molar-refractivity contribution in [2.75, 3.05) is 12.4 Å². The molecule has 2 aromatic rings. The maximum atomic E-state index is 12.1. The summed E-state index contributed by atoms with van der Waals surface area (Å²) in [5.41, 5.74) is 6.45. The van der Waals surface area contributed by atoms with E-state index in [1.54, 1.807) is 27.0 Å². The molecule has 0 saturated heterocycles. The summed E-state index contributed by atoms with van der Waals surface area (Å²) in [7, 11) is 1.69. The number of hydrogen-bond donors (Lipinski definition) is 4. The van der Waals surface area contributed by atoms with Gasteiger partial charge in [0.1, 0.15) is 10.8 Å². The predicted octanol–water partition coefficient (Wildman–Crippen LogP) is 1.58. The fourth-order valence-corrected chi connectivity index (χ4v) is 2.63. The van der Waals surface area contributed by atoms with Gasteiger partial charge in [0.05, 0.1) is 16.8 Å². The lowest BCUT2D eigenvalue weighted by atomic mass is 10.1. The number of anilines is 1. The molecule has 0 spiro atoms. The van der Waals surface area contributed by atoms with E-state index in [-0.39, 0.29) is 11.3 Å². The van der Waals surface area contributed by atoms with Crippen LogP contribution in [-0.2, 0) is 0 Å². The lowest BCUT2D eigenvalue weighted by molar-refractivity contribution is 0.0845. The molecule has 0 saturated carbocycles. The quantitative estimate of drug-likeness (QED) is 0.643. The van der Waals surface area contributed by atoms with Gasteiger partial charge >= 0.3 is 0 Å². The summed E-state index contributed by atoms with van der Waals surface area (Å²) in [6, 6.07) is 4.66. The molecule has 1 aromatic heterocycles. The van der Waals surface area contributed by atoms with Crippen LogP contribution in [0.25, 0.3) is 0 Å². The first-order chi connectivity index (χ1) is 10.4. The second-order valence-corrected chi connectivity index (χ2v) is 5.42. The van der Waals surface area contributed by atoms with E-state index in [0.29, 0.717) is 16.3 Å². The number of rotatable bonds is 3. The molecule has 0 fully saturated rings. The van der Waals surface area contributed by atoms with E-state index in [2.05, 4.69) is 20.5 Å². The van der Waals surface area contributed by atoms with Crippen LogP contribution in [0.15, 0.2) is 18.2 Å². The average Bonchev–Trinajstić information content (AvgIpc) is 2.85. The summed E-state index contributed by atoms with van der Waals surface area (Å²) in [6.45, 7) is 3.51. The van der Waals surface area contributed by atoms with Crippen LogP contribution in [0.5, 0.6) is 5.75 Å². The van der Waals surface area contributed by atoms with E-state index in [4.69, 9.17) is 0 Å². The van der Waals surface area contributed by atoms with Crippen molar-refractivity contribution in [3.8, 4) is 5.75 Å². The number of benzene rings is 1. The number of phenolic OH excluding ortho intramolecular Hbond substituents is 1. The van der Waals surface area contributed by atoms with Gasteiger partial charge in [-0.15, -0.1) is 0 Å². The van der Waals surface area contributed by atoms with Gasteiger partial charge in [-0.25, -0.2) is 0 Å². The van der Waals surface area contributed by atoms with Crippen LogP contribution in [0.2, 0.25) is 0 Å². The summed E-state index contributed by atoms with van der Waals surface area (Å²) >= 11 is 1.16. The van der Waals surface area contributed by atoms with Crippen molar-refractivity contribution in [1.29, 1.82) is 0 Å². The van der Waals surface area contributed by atoms with Crippen LogP contribution >= 0.6 is 11.5 Å². The number of hydrazine groups is 1. The molecule has 8 heteroatoms. The van der Waals surface area contributed by atoms with Gasteiger partial charge in [-0.3, -0.25) is 20.4 Å². The number of carbonyl (C=O) groups is 2. The summed E-state index contributed by atoms with van der Waals surface area (Å²) in [6.07, 6.45) is 0. The maximum Gasteiger partial charge on any atom is 0.274 e. The Kier molecular flexibility index (Phi) is 4.62. The highest BCUT2D eigenvalue weighted by molar-refractivity contribution is 7.10. The van der Waals surface area contributed by atoms with Crippen LogP contribution in [0.1, 0.15) is 32.0 Å². The van der Waals surface area contributed by atoms with E-state index in [1.807, 2.05) is 0 Å². The van der Waals surface area contributed by atoms with Gasteiger partial charge in [0.2, 0.25) is 0 Å². The number of nitrogens with one attached hydrogen (secondary N) is 3. The highest BCUT2D eigenvalue weighted by Gasteiger charge is 2.19. The minimum atomic E-state index is -0.599. The highest BCUT2D eigenvalue weighted by atomic mass is 32.1. The Bertz CT molecular complexity index is 727. The maximum absolute atomic E-state index is 12.1. The van der Waals surface area contributed by atoms with Crippen molar-refractivity contribution in [1.82, 2.24) is 15.2 Å². The van der Waals surface area contributed by atoms with E-state index < -0.39 is 11.8 Å². The Balaban J connectivity index is 2.07. The van der Waals surface area contributed by atoms with Crippen molar-refractivity contribution in [3.05, 3.63) is 40.6 Å². The molecule has 0 radical (unpaired) electrons. The molecule has 116 valence electrons. The van der Waals surface area contributed by atoms with Crippen LogP contribution in [0.4, 0.5) is 5.00 Å². The first-order valence-corrected chi connectivity index (χ1v) is 7.25. The van der Waals surface area contributed by atoms with E-state index in [0.717, 1.165) is 17.1 Å². The molecule has 0 aliphatic rings. The number of phenols is 1. The molecule has 1 aromatic carbocycles. The van der Waals surface area contributed by atoms with E-state index in [9.17, 15) is 14.7 Å². The molecule has 2 rings (SSSR count). The molecular weight excluding hydrogens is 304 g/mol. The largest absolute Gasteiger partial charge is 0.507 e. The lowest BCUT2D eigenvalue weighted by Gasteiger charge is -2.09. The number of aromatic nitrogens is 1. The van der Waals surface area contributed by atoms with Crippen LogP contribution in [0, 0.1) is 13.8 Å². The normalized spacial score (nSPS) is 10.1. The van der Waals surface area contributed by atoms with Crippen LogP contribution in [0.3, 0.4) is 0 Å². The molecule has 4 N–H and O–H groups in total. The first kappa shape index (κ1) is 15.8. The zero-order valence-corrected chi connectivity index (χ0v) is 13.2. The summed E-state index contributed by atoms with van der Waals surface area (Å²) in [5.74, 6) is -1.22. The van der Waals surface area contributed by atoms with Gasteiger partial charge in [0.15, 0.2) is 0 Å². The number of amides is 2. The number of aromatic hydroxyl groups is 1. The van der Waals surface area contributed by atoms with Crippen molar-refractivity contribution in [2.45, 2.75) is 13.8 Å². The minimum absolute atomic E-state index is 0.0832. The van der Waals surface area contributed by atoms with Crippen molar-refractivity contribution in [3.63, 3.8) is 0 Å². The van der Waals surface area contributed by atoms with Gasteiger partial charge < -0.3 is 10.4 Å². The molecule has 1 heterocycles. The summed E-state index contributed by atoms with van der Waals surface area (Å²) < 4.78 is 4.08. The third-order valence-electron chi connectivity index (χ3n) is 3.00. The number of carbonyl (C=O) groups excluding carboxylic acids is 2. The molecule has 7 nitrogen and oxygen atoms in total. The Hall–Kier alpha value is -2.61. The van der Waals surface area contributed by atoms with Crippen LogP contribution in [-0.4, -0.2) is 28.3 Å². The fourth-order valence-electron chi connectivity index (χ4n) is 1.88. The predicted molar refractivity (Wildman–Crippen MR) is 84.2 cm³/mol. The Morgan fingerprint density at radius 2 is 1.86 bits per heavy atom. The first-order valence-electron chi connectivity index (χ1n) is 6.48. The number of aryl methyl sites for hydroxylation is 2. The molecule has 0 unspecified atom stereocenters. The highest BCUT2D eigenvalue weighted by Crippen LogP contribution is 2.23. The lowest BCUT2D eigenvalue weighted by Crippen LogP contribution is -2.42. The zero-order chi connectivity index (χ0) is 16.3. The summed E-state index contributed by atoms with van der Waals surface area (Å²) in [4.78, 5) is 24.1. The summed E-state index contributed by atoms with van der Waals surface area (Å²) in [5, 5.41) is 13.2. The number of hydrogen-bond acceptors (Lipinski definition) is 6. The van der Waals surface area contributed by atoms with E-state index >= 15 is 0 Å². The van der Waals surface area contributed by atoms with Gasteiger partial charge in [0.25, 0.3) is 11.8 Å². The second-order valence-electron chi connectivity index (χ2n) is 4.65. The Morgan fingerprint density at radius 3 is 2.50 bits per heavy atom. The van der Waals surface area contributed by atoms with Crippen LogP contribution < -0.4 is 16.2 Å². The standard InChI is InChI=1S/C14H16N4O3S/c1-7-4-5-9(10(19)6-7)12(20)16-17-13(21)11-8(2)18-22-14(11)15-3/h4-6,15,19H,1-3H3,(H,16,20)(H,17,21). The molecule has 0 bridgehead atoms. The van der Waals surface area contributed by atoms with Gasteiger partial charge in [-0.2, -0.15) is 4.37 Å². The van der Waals surface area contributed by atoms with Crippen molar-refractivity contribution < 1.29 is 14.7 Å². The van der Waals surface area contributed by atoms with Crippen molar-refractivity contribution >= 4 is 28.3 Å². The zero-order valence-electron chi connectivity index (χ0n) is 12.4. The molecule has 0 aliphatic heterocycles. The average molecular weight is 320 g/mol. The molecular formula is C14H16N4O3S. The third-order valence-corrected chi connectivity index (χ3v) is 3.96. The number of nitrogens with zero attached hydrogens (tertiary/aromatic N) is 1. The third kappa shape index (κ3) is 3.17. The Labute approximate surface area is 131 Å². The Morgan fingerprint density at radius 1 is 1.18 bits per heavy atom. The fraction of sp³-hybridized carbons (Fsp3) is 0.214. The van der Waals surface area contributed by atoms with Gasteiger partial charge in [-0.05, 0) is 43.1 Å². The molecule has 0 aliphatic carbocycles. The SMILES string of the molecule is CNc1snc(C)c1C(=O)NNC(=O)c1ccc(C)cc1O. The minimum Gasteiger partial charge on any atom is -0.507 e. The van der Waals surface area contributed by atoms with Crippen molar-refractivity contribution in [2.24, 2.45) is 0 Å². The molecule has 0 atom stereocenters.